The Hall–Kier alpha value is -3.93. The highest BCUT2D eigenvalue weighted by Crippen LogP contribution is 2.43. The van der Waals surface area contributed by atoms with Gasteiger partial charge in [-0.3, -0.25) is 4.79 Å². The first-order chi connectivity index (χ1) is 17.0. The van der Waals surface area contributed by atoms with Crippen LogP contribution in [-0.2, 0) is 24.2 Å². The van der Waals surface area contributed by atoms with Gasteiger partial charge in [0.25, 0.3) is 0 Å². The Labute approximate surface area is 205 Å². The van der Waals surface area contributed by atoms with Gasteiger partial charge in [-0.2, -0.15) is 0 Å². The van der Waals surface area contributed by atoms with Crippen LogP contribution in [0.2, 0.25) is 0 Å². The molecule has 0 saturated heterocycles. The molecule has 0 bridgehead atoms. The largest absolute Gasteiger partial charge is 0.493 e. The minimum absolute atomic E-state index is 0.0938. The van der Waals surface area contributed by atoms with E-state index >= 15 is 0 Å². The molecule has 0 saturated carbocycles. The third kappa shape index (κ3) is 5.43. The second-order valence-electron chi connectivity index (χ2n) is 8.52. The molecule has 0 aliphatic carbocycles. The summed E-state index contributed by atoms with van der Waals surface area (Å²) in [5.74, 6) is 0.644. The number of methoxy groups -OCH3 is 2. The molecular weight excluding hydrogens is 442 g/mol. The molecule has 0 spiro atoms. The minimum Gasteiger partial charge on any atom is -0.493 e. The van der Waals surface area contributed by atoms with E-state index in [0.29, 0.717) is 23.9 Å². The van der Waals surface area contributed by atoms with Crippen molar-refractivity contribution in [1.29, 1.82) is 0 Å². The first-order valence-electron chi connectivity index (χ1n) is 11.8. The van der Waals surface area contributed by atoms with Gasteiger partial charge < -0.3 is 24.3 Å². The van der Waals surface area contributed by atoms with Crippen molar-refractivity contribution < 1.29 is 24.1 Å². The number of carbonyl (C=O) groups is 1. The second kappa shape index (κ2) is 11.0. The molecule has 4 rings (SSSR count). The number of carboxylic acids is 1. The summed E-state index contributed by atoms with van der Waals surface area (Å²) in [6.45, 7) is 2.53. The minimum atomic E-state index is -0.882. The fourth-order valence-corrected chi connectivity index (χ4v) is 4.31. The molecule has 3 aromatic carbocycles. The molecule has 182 valence electrons. The maximum atomic E-state index is 11.8. The smallest absolute Gasteiger partial charge is 0.307 e. The Morgan fingerprint density at radius 3 is 2.29 bits per heavy atom. The lowest BCUT2D eigenvalue weighted by Gasteiger charge is -2.16. The third-order valence-electron chi connectivity index (χ3n) is 6.09. The zero-order valence-corrected chi connectivity index (χ0v) is 20.4. The van der Waals surface area contributed by atoms with E-state index in [1.807, 2.05) is 48.5 Å². The van der Waals surface area contributed by atoms with Crippen LogP contribution in [0.15, 0.2) is 60.7 Å². The monoisotopic (exact) mass is 473 g/mol. The molecule has 35 heavy (non-hydrogen) atoms. The SMILES string of the molecule is CCCCc1ccc2[nH]c(-c3cc(OC)c(OCc4ccccc4)c(OC)c3)c(CC(=O)O)c2c1. The molecule has 6 heteroatoms. The van der Waals surface area contributed by atoms with Crippen LogP contribution in [0.25, 0.3) is 22.2 Å². The molecule has 1 heterocycles. The number of hydrogen-bond acceptors (Lipinski definition) is 4. The van der Waals surface area contributed by atoms with Crippen molar-refractivity contribution >= 4 is 16.9 Å². The van der Waals surface area contributed by atoms with Gasteiger partial charge in [0, 0.05) is 16.5 Å². The summed E-state index contributed by atoms with van der Waals surface area (Å²) in [5.41, 5.74) is 5.39. The summed E-state index contributed by atoms with van der Waals surface area (Å²) in [5, 5.41) is 10.6. The first-order valence-corrected chi connectivity index (χ1v) is 11.8. The molecule has 0 atom stereocenters. The van der Waals surface area contributed by atoms with Crippen molar-refractivity contribution in [2.45, 2.75) is 39.2 Å². The van der Waals surface area contributed by atoms with Crippen molar-refractivity contribution in [3.8, 4) is 28.5 Å². The fraction of sp³-hybridized carbons (Fsp3) is 0.276. The van der Waals surface area contributed by atoms with Crippen LogP contribution in [-0.4, -0.2) is 30.3 Å². The number of benzene rings is 3. The van der Waals surface area contributed by atoms with Crippen molar-refractivity contribution in [3.63, 3.8) is 0 Å². The van der Waals surface area contributed by atoms with Crippen molar-refractivity contribution in [2.75, 3.05) is 14.2 Å². The summed E-state index contributed by atoms with van der Waals surface area (Å²) in [4.78, 5) is 15.2. The molecule has 0 aliphatic rings. The van der Waals surface area contributed by atoms with Crippen LogP contribution >= 0.6 is 0 Å². The van der Waals surface area contributed by atoms with Gasteiger partial charge in [0.05, 0.1) is 26.3 Å². The highest BCUT2D eigenvalue weighted by atomic mass is 16.5. The van der Waals surface area contributed by atoms with E-state index in [4.69, 9.17) is 14.2 Å². The molecule has 0 amide bonds. The van der Waals surface area contributed by atoms with E-state index in [-0.39, 0.29) is 6.42 Å². The van der Waals surface area contributed by atoms with E-state index in [1.54, 1.807) is 14.2 Å². The maximum Gasteiger partial charge on any atom is 0.307 e. The quantitative estimate of drug-likeness (QED) is 0.263. The summed E-state index contributed by atoms with van der Waals surface area (Å²) < 4.78 is 17.4. The van der Waals surface area contributed by atoms with E-state index in [0.717, 1.165) is 52.5 Å². The molecule has 0 unspecified atom stereocenters. The topological polar surface area (TPSA) is 80.8 Å². The van der Waals surface area contributed by atoms with Crippen LogP contribution < -0.4 is 14.2 Å². The highest BCUT2D eigenvalue weighted by molar-refractivity contribution is 5.94. The lowest BCUT2D eigenvalue weighted by atomic mass is 9.99. The molecule has 1 aromatic heterocycles. The van der Waals surface area contributed by atoms with Gasteiger partial charge in [-0.25, -0.2) is 0 Å². The zero-order chi connectivity index (χ0) is 24.8. The van der Waals surface area contributed by atoms with E-state index in [9.17, 15) is 9.90 Å². The Morgan fingerprint density at radius 1 is 0.943 bits per heavy atom. The summed E-state index contributed by atoms with van der Waals surface area (Å²) >= 11 is 0. The van der Waals surface area contributed by atoms with E-state index in [2.05, 4.69) is 24.0 Å². The number of fused-ring (bicyclic) bond motifs is 1. The number of aliphatic carboxylic acids is 1. The van der Waals surface area contributed by atoms with Crippen LogP contribution in [0.1, 0.15) is 36.5 Å². The molecule has 0 radical (unpaired) electrons. The first kappa shape index (κ1) is 24.2. The molecule has 0 aliphatic heterocycles. The Balaban J connectivity index is 1.78. The number of aryl methyl sites for hydroxylation is 1. The number of hydrogen-bond donors (Lipinski definition) is 2. The predicted octanol–water partition coefficient (Wildman–Crippen LogP) is 6.40. The Morgan fingerprint density at radius 2 is 1.66 bits per heavy atom. The molecular formula is C29H31NO5. The van der Waals surface area contributed by atoms with Crippen LogP contribution in [0.4, 0.5) is 0 Å². The van der Waals surface area contributed by atoms with Gasteiger partial charge in [0.1, 0.15) is 6.61 Å². The van der Waals surface area contributed by atoms with Crippen LogP contribution in [0.5, 0.6) is 17.2 Å². The highest BCUT2D eigenvalue weighted by Gasteiger charge is 2.21. The van der Waals surface area contributed by atoms with Crippen LogP contribution in [0, 0.1) is 0 Å². The van der Waals surface area contributed by atoms with Gasteiger partial charge in [-0.15, -0.1) is 0 Å². The molecule has 6 nitrogen and oxygen atoms in total. The summed E-state index contributed by atoms with van der Waals surface area (Å²) in [7, 11) is 3.16. The number of nitrogens with one attached hydrogen (secondary N) is 1. The van der Waals surface area contributed by atoms with Crippen molar-refractivity contribution in [3.05, 3.63) is 77.4 Å². The van der Waals surface area contributed by atoms with Crippen LogP contribution in [0.3, 0.4) is 0 Å². The van der Waals surface area contributed by atoms with Gasteiger partial charge in [-0.1, -0.05) is 49.7 Å². The maximum absolute atomic E-state index is 11.8. The average Bonchev–Trinajstić information content (AvgIpc) is 3.23. The number of ether oxygens (including phenoxy) is 3. The standard InChI is InChI=1S/C29H31NO5/c1-4-5-9-19-12-13-24-22(14-19)23(17-27(31)32)28(30-24)21-15-25(33-2)29(26(16-21)34-3)35-18-20-10-7-6-8-11-20/h6-8,10-16,30H,4-5,9,17-18H2,1-3H3,(H,31,32). The van der Waals surface area contributed by atoms with Gasteiger partial charge >= 0.3 is 5.97 Å². The van der Waals surface area contributed by atoms with E-state index in [1.165, 1.54) is 5.56 Å². The number of H-pyrrole nitrogens is 1. The second-order valence-corrected chi connectivity index (χ2v) is 8.52. The normalized spacial score (nSPS) is 10.9. The number of aromatic nitrogens is 1. The van der Waals surface area contributed by atoms with Gasteiger partial charge in [0.2, 0.25) is 5.75 Å². The number of aromatic amines is 1. The number of carboxylic acid groups (broad SMARTS) is 1. The molecule has 0 fully saturated rings. The number of rotatable bonds is 11. The predicted molar refractivity (Wildman–Crippen MR) is 138 cm³/mol. The fourth-order valence-electron chi connectivity index (χ4n) is 4.31. The van der Waals surface area contributed by atoms with Crippen molar-refractivity contribution in [1.82, 2.24) is 4.98 Å². The van der Waals surface area contributed by atoms with Gasteiger partial charge in [-0.05, 0) is 53.8 Å². The van der Waals surface area contributed by atoms with Gasteiger partial charge in [0.15, 0.2) is 11.5 Å². The van der Waals surface area contributed by atoms with Crippen molar-refractivity contribution in [2.24, 2.45) is 0 Å². The zero-order valence-electron chi connectivity index (χ0n) is 20.4. The molecule has 2 N–H and O–H groups in total. The lowest BCUT2D eigenvalue weighted by molar-refractivity contribution is -0.136. The Bertz CT molecular complexity index is 1280. The molecule has 4 aromatic rings. The lowest BCUT2D eigenvalue weighted by Crippen LogP contribution is -2.03. The average molecular weight is 474 g/mol. The Kier molecular flexibility index (Phi) is 7.60. The number of unbranched alkanes of at least 4 members (excludes halogenated alkanes) is 1. The summed E-state index contributed by atoms with van der Waals surface area (Å²) in [6.07, 6.45) is 3.07. The third-order valence-corrected chi connectivity index (χ3v) is 6.09. The summed E-state index contributed by atoms with van der Waals surface area (Å²) in [6, 6.07) is 19.8. The van der Waals surface area contributed by atoms with E-state index < -0.39 is 5.97 Å².